The lowest BCUT2D eigenvalue weighted by Crippen LogP contribution is -2.02. The summed E-state index contributed by atoms with van der Waals surface area (Å²) >= 11 is 0. The van der Waals surface area contributed by atoms with Gasteiger partial charge < -0.3 is 10.9 Å². The molecule has 0 aliphatic carbocycles. The van der Waals surface area contributed by atoms with E-state index in [0.29, 0.717) is 0 Å². The van der Waals surface area contributed by atoms with Crippen molar-refractivity contribution in [1.29, 1.82) is 0 Å². The Kier molecular flexibility index (Phi) is 3.95. The second kappa shape index (κ2) is 4.70. The first-order valence-electron chi connectivity index (χ1n) is 2.27. The maximum atomic E-state index is 8.36. The summed E-state index contributed by atoms with van der Waals surface area (Å²) in [5.41, 5.74) is 0. The fourth-order valence-corrected chi connectivity index (χ4v) is 0.348. The molecule has 4 heteroatoms. The van der Waals surface area contributed by atoms with E-state index >= 15 is 0 Å². The van der Waals surface area contributed by atoms with Crippen molar-refractivity contribution in [3.8, 4) is 0 Å². The molecule has 0 saturated heterocycles. The third kappa shape index (κ3) is 4.40. The van der Waals surface area contributed by atoms with Gasteiger partial charge in [-0.2, -0.15) is 0 Å². The topological polar surface area (TPSA) is 68.2 Å². The van der Waals surface area contributed by atoms with Gasteiger partial charge in [0.25, 0.3) is 6.47 Å². The van der Waals surface area contributed by atoms with Crippen molar-refractivity contribution >= 4 is 6.47 Å². The monoisotopic (exact) mass is 128 g/mol. The minimum absolute atomic E-state index is 0.250. The molecular formula is C5H8N2O2. The van der Waals surface area contributed by atoms with Crippen molar-refractivity contribution in [3.05, 3.63) is 24.5 Å². The van der Waals surface area contributed by atoms with Gasteiger partial charge in [0, 0.05) is 12.4 Å². The molecule has 0 spiro atoms. The van der Waals surface area contributed by atoms with Gasteiger partial charge in [0.1, 0.15) is 0 Å². The van der Waals surface area contributed by atoms with E-state index in [1.165, 1.54) is 4.68 Å². The summed E-state index contributed by atoms with van der Waals surface area (Å²) in [6.07, 6.45) is 3.56. The molecule has 50 valence electrons. The molecule has 0 atom stereocenters. The third-order valence-electron chi connectivity index (χ3n) is 0.628. The molecule has 1 heterocycles. The fraction of sp³-hybridized carbons (Fsp3) is 0. The Morgan fingerprint density at radius 1 is 1.44 bits per heavy atom. The Morgan fingerprint density at radius 2 is 1.78 bits per heavy atom. The molecule has 9 heavy (non-hydrogen) atoms. The number of rotatable bonds is 0. The first kappa shape index (κ1) is 7.55. The molecular weight excluding hydrogens is 120 g/mol. The van der Waals surface area contributed by atoms with Crippen LogP contribution in [0.4, 0.5) is 0 Å². The van der Waals surface area contributed by atoms with E-state index in [0.717, 1.165) is 0 Å². The predicted molar refractivity (Wildman–Crippen MR) is 33.3 cm³/mol. The summed E-state index contributed by atoms with van der Waals surface area (Å²) < 4.78 is 1.50. The van der Waals surface area contributed by atoms with Crippen molar-refractivity contribution in [1.82, 2.24) is 4.68 Å². The number of nitrogen functional groups attached to an aromatic ring is 1. The molecule has 1 aromatic heterocycles. The highest BCUT2D eigenvalue weighted by atomic mass is 16.3. The van der Waals surface area contributed by atoms with Crippen LogP contribution in [0.1, 0.15) is 0 Å². The van der Waals surface area contributed by atoms with Gasteiger partial charge in [0.2, 0.25) is 0 Å². The van der Waals surface area contributed by atoms with Crippen molar-refractivity contribution in [2.75, 3.05) is 5.84 Å². The van der Waals surface area contributed by atoms with E-state index in [4.69, 9.17) is 15.7 Å². The van der Waals surface area contributed by atoms with E-state index in [1.54, 1.807) is 12.4 Å². The van der Waals surface area contributed by atoms with Crippen LogP contribution in [0.25, 0.3) is 0 Å². The highest BCUT2D eigenvalue weighted by molar-refractivity contribution is 5.32. The minimum atomic E-state index is -0.250. The minimum Gasteiger partial charge on any atom is -0.483 e. The van der Waals surface area contributed by atoms with Crippen molar-refractivity contribution in [2.45, 2.75) is 0 Å². The maximum absolute atomic E-state index is 8.36. The summed E-state index contributed by atoms with van der Waals surface area (Å²) in [6.45, 7) is -0.250. The Bertz CT molecular complexity index is 148. The van der Waals surface area contributed by atoms with Gasteiger partial charge in [-0.25, -0.2) is 0 Å². The molecule has 1 rings (SSSR count). The Labute approximate surface area is 52.5 Å². The van der Waals surface area contributed by atoms with Crippen LogP contribution >= 0.6 is 0 Å². The molecule has 1 aromatic rings. The Morgan fingerprint density at radius 3 is 1.89 bits per heavy atom. The summed E-state index contributed by atoms with van der Waals surface area (Å²) in [7, 11) is 0. The fourth-order valence-electron chi connectivity index (χ4n) is 0.348. The number of nitrogens with two attached hydrogens (primary N) is 1. The van der Waals surface area contributed by atoms with Crippen LogP contribution in [-0.4, -0.2) is 16.3 Å². The van der Waals surface area contributed by atoms with Gasteiger partial charge in [-0.3, -0.25) is 9.47 Å². The Balaban J connectivity index is 0.000000187. The summed E-state index contributed by atoms with van der Waals surface area (Å²) in [6, 6.07) is 3.75. The van der Waals surface area contributed by atoms with Crippen molar-refractivity contribution in [3.63, 3.8) is 0 Å². The molecule has 0 radical (unpaired) electrons. The van der Waals surface area contributed by atoms with Crippen LogP contribution in [0.3, 0.4) is 0 Å². The highest BCUT2D eigenvalue weighted by Crippen LogP contribution is 1.77. The van der Waals surface area contributed by atoms with Gasteiger partial charge in [0.15, 0.2) is 0 Å². The quantitative estimate of drug-likeness (QED) is 0.378. The van der Waals surface area contributed by atoms with Crippen molar-refractivity contribution < 1.29 is 9.90 Å². The third-order valence-corrected chi connectivity index (χ3v) is 0.628. The largest absolute Gasteiger partial charge is 0.483 e. The standard InChI is InChI=1S/C4H6N2.CH2O2/c5-6-3-1-2-4-6;2-1-3/h1-4H,5H2;1H,(H,2,3). The van der Waals surface area contributed by atoms with Gasteiger partial charge >= 0.3 is 0 Å². The smallest absolute Gasteiger partial charge is 0.290 e. The molecule has 0 aliphatic heterocycles. The molecule has 0 bridgehead atoms. The molecule has 3 N–H and O–H groups in total. The average molecular weight is 128 g/mol. The number of hydrogen-bond donors (Lipinski definition) is 2. The van der Waals surface area contributed by atoms with Gasteiger partial charge in [-0.15, -0.1) is 0 Å². The van der Waals surface area contributed by atoms with Gasteiger partial charge in [-0.1, -0.05) is 0 Å². The summed E-state index contributed by atoms with van der Waals surface area (Å²) in [5.74, 6) is 5.19. The Hall–Kier alpha value is -1.45. The zero-order valence-corrected chi connectivity index (χ0v) is 4.77. The SMILES string of the molecule is Nn1cccc1.O=CO. The summed E-state index contributed by atoms with van der Waals surface area (Å²) in [5, 5.41) is 6.89. The van der Waals surface area contributed by atoms with Crippen LogP contribution in [0.15, 0.2) is 24.5 Å². The van der Waals surface area contributed by atoms with E-state index in [2.05, 4.69) is 0 Å². The second-order valence-corrected chi connectivity index (χ2v) is 1.24. The highest BCUT2D eigenvalue weighted by Gasteiger charge is 1.68. The summed E-state index contributed by atoms with van der Waals surface area (Å²) in [4.78, 5) is 8.36. The number of hydrogen-bond acceptors (Lipinski definition) is 2. The van der Waals surface area contributed by atoms with E-state index < -0.39 is 0 Å². The average Bonchev–Trinajstić information content (AvgIpc) is 2.20. The lowest BCUT2D eigenvalue weighted by Gasteiger charge is -1.81. The van der Waals surface area contributed by atoms with Gasteiger partial charge in [-0.05, 0) is 12.1 Å². The maximum Gasteiger partial charge on any atom is 0.290 e. The molecule has 0 saturated carbocycles. The van der Waals surface area contributed by atoms with Crippen LogP contribution in [-0.2, 0) is 4.79 Å². The molecule has 0 unspecified atom stereocenters. The zero-order valence-electron chi connectivity index (χ0n) is 4.77. The number of carbonyl (C=O) groups is 1. The number of nitrogens with zero attached hydrogens (tertiary/aromatic N) is 1. The van der Waals surface area contributed by atoms with Crippen molar-refractivity contribution in [2.24, 2.45) is 0 Å². The predicted octanol–water partition coefficient (Wildman–Crippen LogP) is -0.0973. The van der Waals surface area contributed by atoms with E-state index in [-0.39, 0.29) is 6.47 Å². The van der Waals surface area contributed by atoms with E-state index in [1.807, 2.05) is 12.1 Å². The zero-order chi connectivity index (χ0) is 7.11. The molecule has 4 nitrogen and oxygen atoms in total. The first-order valence-corrected chi connectivity index (χ1v) is 2.27. The second-order valence-electron chi connectivity index (χ2n) is 1.24. The van der Waals surface area contributed by atoms with Crippen LogP contribution < -0.4 is 5.84 Å². The molecule has 0 aromatic carbocycles. The van der Waals surface area contributed by atoms with Crippen LogP contribution in [0.2, 0.25) is 0 Å². The van der Waals surface area contributed by atoms with Crippen LogP contribution in [0, 0.1) is 0 Å². The molecule has 0 amide bonds. The lowest BCUT2D eigenvalue weighted by molar-refractivity contribution is -0.122. The number of aromatic nitrogens is 1. The normalized spacial score (nSPS) is 7.11. The van der Waals surface area contributed by atoms with E-state index in [9.17, 15) is 0 Å². The number of carboxylic acid groups (broad SMARTS) is 1. The lowest BCUT2D eigenvalue weighted by atomic mass is 10.7. The van der Waals surface area contributed by atoms with Gasteiger partial charge in [0.05, 0.1) is 0 Å². The van der Waals surface area contributed by atoms with Crippen LogP contribution in [0.5, 0.6) is 0 Å². The molecule has 0 fully saturated rings. The first-order chi connectivity index (χ1) is 4.31. The molecule has 0 aliphatic rings.